The second-order valence-corrected chi connectivity index (χ2v) is 12.9. The molecule has 3 fully saturated rings. The molecular formula is C27H39N3O4S. The molecule has 2 heterocycles. The van der Waals surface area contributed by atoms with Gasteiger partial charge < -0.3 is 9.80 Å². The molecule has 2 saturated carbocycles. The van der Waals surface area contributed by atoms with Crippen molar-refractivity contribution in [2.75, 3.05) is 31.6 Å². The SMILES string of the molecule is CN(C(=O)C1CCN(S(=O)(=O)c2ccc3c(c2)CCCN3C(=O)C2CCC2)CC1)C1CCCCC1. The number of nitrogens with zero attached hydrogens (tertiary/aromatic N) is 3. The first-order chi connectivity index (χ1) is 16.9. The summed E-state index contributed by atoms with van der Waals surface area (Å²) in [6.07, 6.45) is 11.6. The predicted octanol–water partition coefficient (Wildman–Crippen LogP) is 3.96. The van der Waals surface area contributed by atoms with Crippen molar-refractivity contribution >= 4 is 27.5 Å². The van der Waals surface area contributed by atoms with Crippen molar-refractivity contribution in [2.45, 2.75) is 88.0 Å². The molecule has 0 radical (unpaired) electrons. The molecule has 2 amide bonds. The molecule has 0 N–H and O–H groups in total. The van der Waals surface area contributed by atoms with Crippen molar-refractivity contribution in [3.8, 4) is 0 Å². The fraction of sp³-hybridized carbons (Fsp3) is 0.704. The van der Waals surface area contributed by atoms with Crippen molar-refractivity contribution in [3.05, 3.63) is 23.8 Å². The van der Waals surface area contributed by atoms with Crippen LogP contribution in [0.5, 0.6) is 0 Å². The van der Waals surface area contributed by atoms with Crippen LogP contribution in [-0.4, -0.2) is 62.2 Å². The van der Waals surface area contributed by atoms with Gasteiger partial charge in [-0.2, -0.15) is 4.31 Å². The van der Waals surface area contributed by atoms with Crippen LogP contribution in [0.15, 0.2) is 23.1 Å². The van der Waals surface area contributed by atoms with E-state index in [1.54, 1.807) is 16.4 Å². The molecule has 192 valence electrons. The highest BCUT2D eigenvalue weighted by atomic mass is 32.2. The highest BCUT2D eigenvalue weighted by Crippen LogP contribution is 2.36. The quantitative estimate of drug-likeness (QED) is 0.612. The van der Waals surface area contributed by atoms with Gasteiger partial charge in [0.1, 0.15) is 0 Å². The lowest BCUT2D eigenvalue weighted by Crippen LogP contribution is -2.46. The van der Waals surface area contributed by atoms with Gasteiger partial charge in [0.2, 0.25) is 21.8 Å². The van der Waals surface area contributed by atoms with E-state index >= 15 is 0 Å². The van der Waals surface area contributed by atoms with Crippen LogP contribution in [0.1, 0.15) is 76.2 Å². The Kier molecular flexibility index (Phi) is 7.22. The van der Waals surface area contributed by atoms with Gasteiger partial charge in [0.25, 0.3) is 0 Å². The third-order valence-corrected chi connectivity index (χ3v) is 10.7. The number of fused-ring (bicyclic) bond motifs is 1. The maximum Gasteiger partial charge on any atom is 0.243 e. The summed E-state index contributed by atoms with van der Waals surface area (Å²) in [6.45, 7) is 1.46. The largest absolute Gasteiger partial charge is 0.343 e. The number of hydrogen-bond donors (Lipinski definition) is 0. The summed E-state index contributed by atoms with van der Waals surface area (Å²) in [5.41, 5.74) is 1.83. The van der Waals surface area contributed by atoms with Gasteiger partial charge in [-0.15, -0.1) is 0 Å². The molecule has 5 rings (SSSR count). The molecule has 7 nitrogen and oxygen atoms in total. The number of carbonyl (C=O) groups is 2. The highest BCUT2D eigenvalue weighted by molar-refractivity contribution is 7.89. The van der Waals surface area contributed by atoms with E-state index in [9.17, 15) is 18.0 Å². The predicted molar refractivity (Wildman–Crippen MR) is 136 cm³/mol. The summed E-state index contributed by atoms with van der Waals surface area (Å²) < 4.78 is 28.5. The van der Waals surface area contributed by atoms with Gasteiger partial charge in [-0.3, -0.25) is 9.59 Å². The molecular weight excluding hydrogens is 462 g/mol. The lowest BCUT2D eigenvalue weighted by molar-refractivity contribution is -0.138. The van der Waals surface area contributed by atoms with Gasteiger partial charge in [0.15, 0.2) is 0 Å². The second-order valence-electron chi connectivity index (χ2n) is 10.9. The van der Waals surface area contributed by atoms with Gasteiger partial charge in [0.05, 0.1) is 4.90 Å². The fourth-order valence-corrected chi connectivity index (χ4v) is 7.79. The zero-order chi connectivity index (χ0) is 24.6. The van der Waals surface area contributed by atoms with Crippen molar-refractivity contribution in [3.63, 3.8) is 0 Å². The molecule has 0 atom stereocenters. The standard InChI is InChI=1S/C27H39N3O4S/c1-28(23-10-3-2-4-11-23)26(31)21-14-17-29(18-15-21)35(33,34)24-12-13-25-22(19-24)9-6-16-30(25)27(32)20-7-5-8-20/h12-13,19-21,23H,2-11,14-18H2,1H3. The number of piperidine rings is 1. The average molecular weight is 502 g/mol. The summed E-state index contributed by atoms with van der Waals surface area (Å²) in [7, 11) is -1.70. The van der Waals surface area contributed by atoms with E-state index in [-0.39, 0.29) is 23.7 Å². The van der Waals surface area contributed by atoms with Crippen LogP contribution < -0.4 is 4.90 Å². The number of benzene rings is 1. The average Bonchev–Trinajstić information content (AvgIpc) is 2.86. The molecule has 2 aliphatic carbocycles. The van der Waals surface area contributed by atoms with Crippen molar-refractivity contribution < 1.29 is 18.0 Å². The van der Waals surface area contributed by atoms with E-state index in [4.69, 9.17) is 0 Å². The van der Waals surface area contributed by atoms with Crippen LogP contribution in [-0.2, 0) is 26.0 Å². The third kappa shape index (κ3) is 4.88. The summed E-state index contributed by atoms with van der Waals surface area (Å²) in [5, 5.41) is 0. The van der Waals surface area contributed by atoms with Crippen LogP contribution in [0.3, 0.4) is 0 Å². The minimum absolute atomic E-state index is 0.0945. The molecule has 1 aromatic rings. The molecule has 1 aromatic carbocycles. The van der Waals surface area contributed by atoms with Crippen LogP contribution in [0.2, 0.25) is 0 Å². The van der Waals surface area contributed by atoms with Crippen molar-refractivity contribution in [1.29, 1.82) is 0 Å². The van der Waals surface area contributed by atoms with Gasteiger partial charge in [-0.05, 0) is 75.1 Å². The van der Waals surface area contributed by atoms with Gasteiger partial charge in [-0.1, -0.05) is 25.7 Å². The maximum absolute atomic E-state index is 13.5. The van der Waals surface area contributed by atoms with E-state index in [2.05, 4.69) is 0 Å². The van der Waals surface area contributed by atoms with Crippen LogP contribution in [0.25, 0.3) is 0 Å². The van der Waals surface area contributed by atoms with Crippen molar-refractivity contribution in [1.82, 2.24) is 9.21 Å². The molecule has 0 bridgehead atoms. The summed E-state index contributed by atoms with van der Waals surface area (Å²) >= 11 is 0. The summed E-state index contributed by atoms with van der Waals surface area (Å²) in [4.78, 5) is 30.1. The molecule has 0 aromatic heterocycles. The lowest BCUT2D eigenvalue weighted by atomic mass is 9.83. The van der Waals surface area contributed by atoms with E-state index in [1.165, 1.54) is 19.3 Å². The molecule has 0 unspecified atom stereocenters. The molecule has 1 saturated heterocycles. The molecule has 35 heavy (non-hydrogen) atoms. The number of amides is 2. The van der Waals surface area contributed by atoms with E-state index in [0.29, 0.717) is 43.4 Å². The Labute approximate surface area is 209 Å². The normalized spacial score (nSPS) is 22.9. The Balaban J connectivity index is 1.24. The van der Waals surface area contributed by atoms with Crippen LogP contribution >= 0.6 is 0 Å². The fourth-order valence-electron chi connectivity index (χ4n) is 6.27. The van der Waals surface area contributed by atoms with Gasteiger partial charge in [0, 0.05) is 50.2 Å². The number of anilines is 1. The maximum atomic E-state index is 13.5. The Morgan fingerprint density at radius 1 is 0.857 bits per heavy atom. The van der Waals surface area contributed by atoms with E-state index < -0.39 is 10.0 Å². The smallest absolute Gasteiger partial charge is 0.243 e. The topological polar surface area (TPSA) is 78.0 Å². The lowest BCUT2D eigenvalue weighted by Gasteiger charge is -2.37. The molecule has 2 aliphatic heterocycles. The number of sulfonamides is 1. The van der Waals surface area contributed by atoms with Crippen molar-refractivity contribution in [2.24, 2.45) is 11.8 Å². The first-order valence-electron chi connectivity index (χ1n) is 13.6. The monoisotopic (exact) mass is 501 g/mol. The first-order valence-corrected chi connectivity index (χ1v) is 15.0. The van der Waals surface area contributed by atoms with Crippen LogP contribution in [0, 0.1) is 11.8 Å². The molecule has 0 spiro atoms. The van der Waals surface area contributed by atoms with Crippen LogP contribution in [0.4, 0.5) is 5.69 Å². The van der Waals surface area contributed by atoms with E-state index in [1.807, 2.05) is 22.9 Å². The zero-order valence-electron chi connectivity index (χ0n) is 21.0. The van der Waals surface area contributed by atoms with Gasteiger partial charge in [-0.25, -0.2) is 8.42 Å². The number of rotatable bonds is 5. The van der Waals surface area contributed by atoms with E-state index in [0.717, 1.165) is 56.2 Å². The minimum Gasteiger partial charge on any atom is -0.343 e. The summed E-state index contributed by atoms with van der Waals surface area (Å²) in [6, 6.07) is 5.60. The number of aryl methyl sites for hydroxylation is 1. The first kappa shape index (κ1) is 24.8. The number of hydrogen-bond acceptors (Lipinski definition) is 4. The molecule has 8 heteroatoms. The summed E-state index contributed by atoms with van der Waals surface area (Å²) in [5.74, 6) is 0.408. The third-order valence-electron chi connectivity index (χ3n) is 8.80. The highest BCUT2D eigenvalue weighted by Gasteiger charge is 2.36. The Hall–Kier alpha value is -1.93. The number of carbonyl (C=O) groups excluding carboxylic acids is 2. The Morgan fingerprint density at radius 2 is 1.57 bits per heavy atom. The molecule has 4 aliphatic rings. The Morgan fingerprint density at radius 3 is 2.23 bits per heavy atom. The minimum atomic E-state index is -3.63. The zero-order valence-corrected chi connectivity index (χ0v) is 21.8. The Bertz CT molecular complexity index is 1050. The van der Waals surface area contributed by atoms with Gasteiger partial charge >= 0.3 is 0 Å². The second kappa shape index (κ2) is 10.2.